The monoisotopic (exact) mass is 399 g/mol. The summed E-state index contributed by atoms with van der Waals surface area (Å²) in [5, 5.41) is 0. The molecule has 0 saturated carbocycles. The third-order valence-corrected chi connectivity index (χ3v) is 5.44. The molecule has 0 bridgehead atoms. The maximum absolute atomic E-state index is 12.2. The van der Waals surface area contributed by atoms with E-state index < -0.39 is 0 Å². The molecular formula is C18H25NO5S2. The number of methoxy groups -OCH3 is 3. The lowest BCUT2D eigenvalue weighted by Crippen LogP contribution is -2.30. The SMILES string of the molecule is COCOc1c(OC)cc(CCCCC(=O)N2CCSC2=S)cc1OC. The minimum absolute atomic E-state index is 0.116. The van der Waals surface area contributed by atoms with E-state index in [1.54, 1.807) is 38.0 Å². The summed E-state index contributed by atoms with van der Waals surface area (Å²) < 4.78 is 22.0. The van der Waals surface area contributed by atoms with Crippen molar-refractivity contribution >= 4 is 34.2 Å². The first kappa shape index (κ1) is 20.8. The number of amides is 1. The van der Waals surface area contributed by atoms with Gasteiger partial charge in [-0.15, -0.1) is 0 Å². The number of thiocarbonyl (C=S) groups is 1. The minimum Gasteiger partial charge on any atom is -0.493 e. The second kappa shape index (κ2) is 10.6. The lowest BCUT2D eigenvalue weighted by Gasteiger charge is -2.16. The average molecular weight is 400 g/mol. The van der Waals surface area contributed by atoms with Crippen molar-refractivity contribution in [3.05, 3.63) is 17.7 Å². The van der Waals surface area contributed by atoms with Gasteiger partial charge in [-0.25, -0.2) is 0 Å². The molecule has 1 aromatic rings. The van der Waals surface area contributed by atoms with Crippen molar-refractivity contribution in [3.63, 3.8) is 0 Å². The van der Waals surface area contributed by atoms with Crippen molar-refractivity contribution in [3.8, 4) is 17.2 Å². The van der Waals surface area contributed by atoms with Crippen LogP contribution < -0.4 is 14.2 Å². The molecule has 1 heterocycles. The van der Waals surface area contributed by atoms with Gasteiger partial charge in [0.05, 0.1) is 14.2 Å². The fourth-order valence-electron chi connectivity index (χ4n) is 2.70. The first-order chi connectivity index (χ1) is 12.6. The lowest BCUT2D eigenvalue weighted by atomic mass is 10.1. The number of benzene rings is 1. The number of carbonyl (C=O) groups excluding carboxylic acids is 1. The van der Waals surface area contributed by atoms with Gasteiger partial charge < -0.3 is 18.9 Å². The van der Waals surface area contributed by atoms with Gasteiger partial charge in [0, 0.05) is 25.8 Å². The number of ether oxygens (including phenoxy) is 4. The second-order valence-corrected chi connectivity index (χ2v) is 7.48. The Bertz CT molecular complexity index is 613. The smallest absolute Gasteiger partial charge is 0.228 e. The van der Waals surface area contributed by atoms with Crippen LogP contribution in [-0.2, 0) is 16.0 Å². The molecule has 1 aromatic carbocycles. The van der Waals surface area contributed by atoms with Crippen LogP contribution in [0.1, 0.15) is 24.8 Å². The summed E-state index contributed by atoms with van der Waals surface area (Å²) in [7, 11) is 4.74. The van der Waals surface area contributed by atoms with Crippen molar-refractivity contribution in [2.24, 2.45) is 0 Å². The Morgan fingerprint density at radius 1 is 1.19 bits per heavy atom. The third-order valence-electron chi connectivity index (χ3n) is 4.01. The molecule has 6 nitrogen and oxygen atoms in total. The number of aryl methyl sites for hydroxylation is 1. The predicted octanol–water partition coefficient (Wildman–Crippen LogP) is 3.26. The van der Waals surface area contributed by atoms with E-state index in [0.29, 0.717) is 28.0 Å². The molecule has 1 aliphatic rings. The number of unbranched alkanes of at least 4 members (excludes halogenated alkanes) is 1. The van der Waals surface area contributed by atoms with E-state index >= 15 is 0 Å². The van der Waals surface area contributed by atoms with Crippen LogP contribution in [0.25, 0.3) is 0 Å². The average Bonchev–Trinajstić information content (AvgIpc) is 3.09. The maximum Gasteiger partial charge on any atom is 0.228 e. The molecule has 0 N–H and O–H groups in total. The Kier molecular flexibility index (Phi) is 8.47. The molecule has 0 atom stereocenters. The topological polar surface area (TPSA) is 57.2 Å². The highest BCUT2D eigenvalue weighted by Crippen LogP contribution is 2.39. The Morgan fingerprint density at radius 2 is 1.88 bits per heavy atom. The van der Waals surface area contributed by atoms with E-state index in [2.05, 4.69) is 0 Å². The van der Waals surface area contributed by atoms with Gasteiger partial charge in [-0.3, -0.25) is 9.69 Å². The predicted molar refractivity (Wildman–Crippen MR) is 106 cm³/mol. The lowest BCUT2D eigenvalue weighted by molar-refractivity contribution is -0.126. The summed E-state index contributed by atoms with van der Waals surface area (Å²) in [4.78, 5) is 13.9. The van der Waals surface area contributed by atoms with Gasteiger partial charge in [0.2, 0.25) is 11.7 Å². The molecular weight excluding hydrogens is 374 g/mol. The summed E-state index contributed by atoms with van der Waals surface area (Å²) in [6.07, 6.45) is 3.05. The summed E-state index contributed by atoms with van der Waals surface area (Å²) in [5.41, 5.74) is 1.07. The zero-order valence-electron chi connectivity index (χ0n) is 15.4. The van der Waals surface area contributed by atoms with Gasteiger partial charge in [0.25, 0.3) is 0 Å². The van der Waals surface area contributed by atoms with E-state index in [1.807, 2.05) is 12.1 Å². The molecule has 0 aromatic heterocycles. The van der Waals surface area contributed by atoms with Crippen LogP contribution in [0.2, 0.25) is 0 Å². The normalized spacial score (nSPS) is 13.8. The number of hydrogen-bond acceptors (Lipinski definition) is 7. The van der Waals surface area contributed by atoms with E-state index in [4.69, 9.17) is 31.2 Å². The van der Waals surface area contributed by atoms with E-state index in [9.17, 15) is 4.79 Å². The van der Waals surface area contributed by atoms with Crippen LogP contribution in [0.15, 0.2) is 12.1 Å². The van der Waals surface area contributed by atoms with Gasteiger partial charge in [0.1, 0.15) is 4.32 Å². The molecule has 26 heavy (non-hydrogen) atoms. The number of rotatable bonds is 10. The van der Waals surface area contributed by atoms with Gasteiger partial charge >= 0.3 is 0 Å². The first-order valence-corrected chi connectivity index (χ1v) is 9.83. The molecule has 1 saturated heterocycles. The Hall–Kier alpha value is -1.51. The largest absolute Gasteiger partial charge is 0.493 e. The highest BCUT2D eigenvalue weighted by atomic mass is 32.2. The standard InChI is InChI=1S/C18H25NO5S2/c1-21-12-24-17-14(22-2)10-13(11-15(17)23-3)6-4-5-7-16(20)19-8-9-26-18(19)25/h10-11H,4-9,12H2,1-3H3. The van der Waals surface area contributed by atoms with Crippen LogP contribution in [0.5, 0.6) is 17.2 Å². The minimum atomic E-state index is 0.116. The second-order valence-electron chi connectivity index (χ2n) is 5.75. The zero-order valence-corrected chi connectivity index (χ0v) is 17.0. The molecule has 2 rings (SSSR count). The van der Waals surface area contributed by atoms with Gasteiger partial charge in [-0.1, -0.05) is 24.0 Å². The molecule has 0 unspecified atom stereocenters. The molecule has 144 valence electrons. The van der Waals surface area contributed by atoms with Crippen LogP contribution in [-0.4, -0.2) is 55.5 Å². The zero-order chi connectivity index (χ0) is 18.9. The Morgan fingerprint density at radius 3 is 2.42 bits per heavy atom. The number of carbonyl (C=O) groups is 1. The van der Waals surface area contributed by atoms with Crippen molar-refractivity contribution in [2.75, 3.05) is 40.4 Å². The van der Waals surface area contributed by atoms with E-state index in [0.717, 1.165) is 37.1 Å². The molecule has 0 aliphatic carbocycles. The van der Waals surface area contributed by atoms with Gasteiger partial charge in [-0.2, -0.15) is 0 Å². The molecule has 1 aliphatic heterocycles. The van der Waals surface area contributed by atoms with Crippen LogP contribution in [0, 0.1) is 0 Å². The van der Waals surface area contributed by atoms with Crippen molar-refractivity contribution < 1.29 is 23.7 Å². The van der Waals surface area contributed by atoms with E-state index in [1.165, 1.54) is 0 Å². The van der Waals surface area contributed by atoms with Gasteiger partial charge in [-0.05, 0) is 37.0 Å². The number of thioether (sulfide) groups is 1. The van der Waals surface area contributed by atoms with Crippen LogP contribution in [0.4, 0.5) is 0 Å². The van der Waals surface area contributed by atoms with Crippen molar-refractivity contribution in [1.29, 1.82) is 0 Å². The third kappa shape index (κ3) is 5.49. The Balaban J connectivity index is 1.90. The van der Waals surface area contributed by atoms with Crippen LogP contribution in [0.3, 0.4) is 0 Å². The molecule has 1 fully saturated rings. The molecule has 0 spiro atoms. The molecule has 8 heteroatoms. The number of hydrogen-bond donors (Lipinski definition) is 0. The van der Waals surface area contributed by atoms with Gasteiger partial charge in [0.15, 0.2) is 18.3 Å². The summed E-state index contributed by atoms with van der Waals surface area (Å²) >= 11 is 6.76. The summed E-state index contributed by atoms with van der Waals surface area (Å²) in [6, 6.07) is 3.86. The molecule has 0 radical (unpaired) electrons. The molecule has 1 amide bonds. The van der Waals surface area contributed by atoms with E-state index in [-0.39, 0.29) is 12.7 Å². The Labute approximate surface area is 164 Å². The van der Waals surface area contributed by atoms with Crippen molar-refractivity contribution in [2.45, 2.75) is 25.7 Å². The fourth-order valence-corrected chi connectivity index (χ4v) is 3.94. The summed E-state index contributed by atoms with van der Waals surface area (Å²) in [6.45, 7) is 0.852. The van der Waals surface area contributed by atoms with Crippen LogP contribution >= 0.6 is 24.0 Å². The number of nitrogens with zero attached hydrogens (tertiary/aromatic N) is 1. The quantitative estimate of drug-likeness (QED) is 0.340. The summed E-state index contributed by atoms with van der Waals surface area (Å²) in [5.74, 6) is 2.76. The highest BCUT2D eigenvalue weighted by molar-refractivity contribution is 8.23. The highest BCUT2D eigenvalue weighted by Gasteiger charge is 2.23. The van der Waals surface area contributed by atoms with Crippen molar-refractivity contribution in [1.82, 2.24) is 4.90 Å². The maximum atomic E-state index is 12.2. The fraction of sp³-hybridized carbons (Fsp3) is 0.556. The first-order valence-electron chi connectivity index (χ1n) is 8.44.